The van der Waals surface area contributed by atoms with Gasteiger partial charge in [0.1, 0.15) is 0 Å². The largest absolute Gasteiger partial charge is 0.332 e. The molecule has 0 bridgehead atoms. The highest BCUT2D eigenvalue weighted by Gasteiger charge is 2.19. The summed E-state index contributed by atoms with van der Waals surface area (Å²) in [7, 11) is 0. The predicted molar refractivity (Wildman–Crippen MR) is 213 cm³/mol. The summed E-state index contributed by atoms with van der Waals surface area (Å²) in [5.74, 6) is 0.939. The summed E-state index contributed by atoms with van der Waals surface area (Å²) in [5.41, 5.74) is 5.91. The summed E-state index contributed by atoms with van der Waals surface area (Å²) in [6.07, 6.45) is 0. The third-order valence-corrected chi connectivity index (χ3v) is 10.0. The zero-order valence-electron chi connectivity index (χ0n) is 36.8. The minimum Gasteiger partial charge on any atom is -0.332 e. The minimum atomic E-state index is -0.510. The van der Waals surface area contributed by atoms with Gasteiger partial charge in [-0.3, -0.25) is 0 Å². The summed E-state index contributed by atoms with van der Waals surface area (Å²) in [5, 5.41) is 0.474. The maximum absolute atomic E-state index is 9.27. The second-order valence-corrected chi connectivity index (χ2v) is 13.1. The number of rotatable bonds is 6. The van der Waals surface area contributed by atoms with E-state index in [0.29, 0.717) is 22.8 Å². The van der Waals surface area contributed by atoms with Crippen LogP contribution in [0.3, 0.4) is 0 Å². The highest BCUT2D eigenvalue weighted by atomic mass is 32.1. The van der Waals surface area contributed by atoms with Gasteiger partial charge in [-0.15, -0.1) is 11.3 Å². The normalized spacial score (nSPS) is 14.4. The number of aromatic nitrogens is 4. The molecule has 3 heterocycles. The second kappa shape index (κ2) is 12.2. The monoisotopic (exact) mass is 680 g/mol. The highest BCUT2D eigenvalue weighted by Crippen LogP contribution is 2.42. The maximum Gasteiger partial charge on any atom is 0.163 e. The molecule has 0 atom stereocenters. The molecule has 0 saturated heterocycles. The Balaban J connectivity index is 1.21. The molecule has 0 unspecified atom stereocenters. The van der Waals surface area contributed by atoms with E-state index in [9.17, 15) is 2.74 Å². The fourth-order valence-electron chi connectivity index (χ4n) is 6.65. The summed E-state index contributed by atoms with van der Waals surface area (Å²) >= 11 is 0.978. The molecular formula is C46H30N4S. The van der Waals surface area contributed by atoms with Gasteiger partial charge in [-0.2, -0.15) is 0 Å². The van der Waals surface area contributed by atoms with Gasteiger partial charge in [-0.05, 0) is 46.4 Å². The van der Waals surface area contributed by atoms with Gasteiger partial charge < -0.3 is 4.57 Å². The van der Waals surface area contributed by atoms with Gasteiger partial charge in [0.2, 0.25) is 0 Å². The molecule has 0 saturated carbocycles. The van der Waals surface area contributed by atoms with Crippen LogP contribution in [0.1, 0.15) is 19.5 Å². The van der Waals surface area contributed by atoms with Crippen LogP contribution in [0.4, 0.5) is 0 Å². The smallest absolute Gasteiger partial charge is 0.163 e. The molecule has 0 N–H and O–H groups in total. The molecule has 4 nitrogen and oxygen atoms in total. The molecular weight excluding hydrogens is 641 g/mol. The Bertz CT molecular complexity index is 3440. The first-order valence-electron chi connectivity index (χ1n) is 21.3. The van der Waals surface area contributed by atoms with Crippen LogP contribution in [0.25, 0.3) is 87.0 Å². The average Bonchev–Trinajstić information content (AvgIpc) is 3.86. The van der Waals surface area contributed by atoms with E-state index >= 15 is 0 Å². The summed E-state index contributed by atoms with van der Waals surface area (Å²) in [6.45, 7) is -0.184. The Labute approximate surface area is 313 Å². The van der Waals surface area contributed by atoms with Crippen LogP contribution < -0.4 is 0 Å². The van der Waals surface area contributed by atoms with Crippen molar-refractivity contribution in [3.63, 3.8) is 0 Å². The molecule has 0 aliphatic carbocycles. The third kappa shape index (κ3) is 5.18. The highest BCUT2D eigenvalue weighted by molar-refractivity contribution is 7.26. The number of benzene rings is 7. The number of fused-ring (bicyclic) bond motifs is 7. The van der Waals surface area contributed by atoms with Crippen molar-refractivity contribution in [3.05, 3.63) is 175 Å². The number of thiophene rings is 1. The molecule has 0 aliphatic rings. The molecule has 10 aromatic rings. The lowest BCUT2D eigenvalue weighted by Crippen LogP contribution is -2.08. The van der Waals surface area contributed by atoms with E-state index in [-0.39, 0.29) is 84.6 Å². The van der Waals surface area contributed by atoms with Crippen molar-refractivity contribution in [2.24, 2.45) is 0 Å². The molecule has 0 radical (unpaired) electrons. The zero-order chi connectivity index (χ0) is 42.4. The molecule has 5 heteroatoms. The van der Waals surface area contributed by atoms with E-state index in [1.54, 1.807) is 4.57 Å². The fraction of sp³-hybridized carbons (Fsp3) is 0.0217. The van der Waals surface area contributed by atoms with Crippen molar-refractivity contribution >= 4 is 53.3 Å². The van der Waals surface area contributed by atoms with E-state index in [1.807, 2.05) is 78.9 Å². The molecule has 0 fully saturated rings. The Kier molecular flexibility index (Phi) is 4.99. The Hall–Kier alpha value is -6.43. The fourth-order valence-corrected chi connectivity index (χ4v) is 7.61. The van der Waals surface area contributed by atoms with Gasteiger partial charge in [-0.1, -0.05) is 145 Å². The Morgan fingerprint density at radius 2 is 1.08 bits per heavy atom. The molecule has 240 valence electrons. The van der Waals surface area contributed by atoms with Gasteiger partial charge in [0.05, 0.1) is 25.8 Å². The summed E-state index contributed by atoms with van der Waals surface area (Å²) < 4.78 is 90.6. The average molecular weight is 681 g/mol. The van der Waals surface area contributed by atoms with Gasteiger partial charge >= 0.3 is 0 Å². The quantitative estimate of drug-likeness (QED) is 0.176. The molecule has 0 aliphatic heterocycles. The van der Waals surface area contributed by atoms with Gasteiger partial charge in [0.25, 0.3) is 0 Å². The topological polar surface area (TPSA) is 43.6 Å². The third-order valence-electron chi connectivity index (χ3n) is 9.03. The maximum atomic E-state index is 9.27. The summed E-state index contributed by atoms with van der Waals surface area (Å²) in [4.78, 5) is 14.8. The Morgan fingerprint density at radius 3 is 1.82 bits per heavy atom. The molecule has 0 amide bonds. The van der Waals surface area contributed by atoms with Crippen molar-refractivity contribution in [2.75, 3.05) is 0 Å². The second-order valence-electron chi connectivity index (χ2n) is 12.1. The van der Waals surface area contributed by atoms with E-state index in [1.165, 1.54) is 0 Å². The Morgan fingerprint density at radius 1 is 0.490 bits per heavy atom. The van der Waals surface area contributed by atoms with E-state index in [2.05, 4.69) is 30.3 Å². The lowest BCUT2D eigenvalue weighted by Gasteiger charge is -2.12. The number of nitrogens with zero attached hydrogens (tertiary/aromatic N) is 4. The molecule has 10 rings (SSSR count). The van der Waals surface area contributed by atoms with Crippen LogP contribution in [0, 0.1) is 0 Å². The molecule has 0 spiro atoms. The van der Waals surface area contributed by atoms with E-state index in [0.717, 1.165) is 33.6 Å². The number of hydrogen-bond donors (Lipinski definition) is 0. The molecule has 51 heavy (non-hydrogen) atoms. The van der Waals surface area contributed by atoms with Crippen LogP contribution in [0.15, 0.2) is 170 Å². The van der Waals surface area contributed by atoms with Crippen LogP contribution in [-0.2, 0) is 6.54 Å². The van der Waals surface area contributed by atoms with Gasteiger partial charge in [0, 0.05) is 47.6 Å². The molecule has 3 aromatic heterocycles. The van der Waals surface area contributed by atoms with Gasteiger partial charge in [-0.25, -0.2) is 15.0 Å². The zero-order valence-corrected chi connectivity index (χ0v) is 27.6. The first-order valence-corrected chi connectivity index (χ1v) is 17.1. The van der Waals surface area contributed by atoms with Crippen LogP contribution in [-0.4, -0.2) is 19.5 Å². The van der Waals surface area contributed by atoms with Crippen LogP contribution in [0.5, 0.6) is 0 Å². The minimum absolute atomic E-state index is 0.0195. The predicted octanol–water partition coefficient (Wildman–Crippen LogP) is 12.1. The van der Waals surface area contributed by atoms with Crippen molar-refractivity contribution in [2.45, 2.75) is 6.54 Å². The van der Waals surface area contributed by atoms with E-state index < -0.39 is 30.2 Å². The lowest BCUT2D eigenvalue weighted by atomic mass is 9.98. The van der Waals surface area contributed by atoms with Crippen molar-refractivity contribution in [1.82, 2.24) is 19.5 Å². The standard InChI is InChI=1S/C46H30N4S/c1-3-12-30(13-4-1)34-16-11-17-35(28-34)31-22-24-33(25-23-31)46-48-42(47-45(49-46)32-14-5-2-6-15-32)29-50-39-20-9-7-18-36(39)37-26-27-41-43(44(37)50)38-19-8-10-21-40(38)51-41/h1-28H,29H2/i7D,8D,9D,10D,18D,19D,20D,21D,26D,27D. The van der Waals surface area contributed by atoms with E-state index in [4.69, 9.17) is 25.9 Å². The number of hydrogen-bond acceptors (Lipinski definition) is 4. The number of para-hydroxylation sites is 1. The lowest BCUT2D eigenvalue weighted by molar-refractivity contribution is 0.787. The van der Waals surface area contributed by atoms with Crippen molar-refractivity contribution in [1.29, 1.82) is 0 Å². The first-order chi connectivity index (χ1) is 29.4. The summed E-state index contributed by atoms with van der Waals surface area (Å²) in [6, 6.07) is 31.9. The van der Waals surface area contributed by atoms with Crippen molar-refractivity contribution in [3.8, 4) is 45.0 Å². The SMILES string of the molecule is [2H]c1c([2H])c([2H])c2c(sc3c([2H])c([2H])c4c5c([2H])c([2H])c([2H])c([2H])c5n(Cc5nc(-c6ccccc6)nc(-c6ccc(-c7cccc(-c8ccccc8)c7)cc6)n5)c4c32)c1[2H]. The van der Waals surface area contributed by atoms with Gasteiger partial charge in [0.15, 0.2) is 17.5 Å². The first kappa shape index (κ1) is 20.9. The van der Waals surface area contributed by atoms with Crippen molar-refractivity contribution < 1.29 is 13.7 Å². The molecule has 7 aromatic carbocycles. The van der Waals surface area contributed by atoms with Crippen LogP contribution >= 0.6 is 11.3 Å². The van der Waals surface area contributed by atoms with Crippen LogP contribution in [0.2, 0.25) is 0 Å².